The summed E-state index contributed by atoms with van der Waals surface area (Å²) in [7, 11) is 0. The number of anilines is 1. The molecule has 0 bridgehead atoms. The molecule has 4 N–H and O–H groups in total. The molecule has 114 valence electrons. The van der Waals surface area contributed by atoms with Crippen molar-refractivity contribution in [2.75, 3.05) is 5.32 Å². The zero-order valence-electron chi connectivity index (χ0n) is 12.1. The van der Waals surface area contributed by atoms with Crippen molar-refractivity contribution < 1.29 is 9.59 Å². The van der Waals surface area contributed by atoms with Gasteiger partial charge in [-0.1, -0.05) is 19.3 Å². The summed E-state index contributed by atoms with van der Waals surface area (Å²) in [4.78, 5) is 31.6. The van der Waals surface area contributed by atoms with Crippen molar-refractivity contribution in [2.45, 2.75) is 51.1 Å². The first-order valence-electron chi connectivity index (χ1n) is 7.26. The molecule has 1 heterocycles. The second-order valence-electron chi connectivity index (χ2n) is 5.35. The topological polar surface area (TPSA) is 110 Å². The number of nitrogens with one attached hydrogen (secondary N) is 2. The van der Waals surface area contributed by atoms with E-state index in [1.165, 1.54) is 18.7 Å². The zero-order valence-corrected chi connectivity index (χ0v) is 12.1. The Morgan fingerprint density at radius 3 is 2.71 bits per heavy atom. The summed E-state index contributed by atoms with van der Waals surface area (Å²) in [5, 5.41) is 5.48. The maximum atomic E-state index is 12.1. The minimum Gasteiger partial charge on any atom is -0.347 e. The van der Waals surface area contributed by atoms with Gasteiger partial charge in [-0.2, -0.15) is 0 Å². The lowest BCUT2D eigenvalue weighted by atomic mass is 9.95. The smallest absolute Gasteiger partial charge is 0.289 e. The summed E-state index contributed by atoms with van der Waals surface area (Å²) < 4.78 is 0. The number of hydrogen-bond acceptors (Lipinski definition) is 5. The number of aromatic nitrogens is 2. The fourth-order valence-electron chi connectivity index (χ4n) is 2.27. The molecule has 2 rings (SSSR count). The predicted octanol–water partition coefficient (Wildman–Crippen LogP) is 0.825. The number of rotatable bonds is 4. The summed E-state index contributed by atoms with van der Waals surface area (Å²) in [5.74, 6) is -0.324. The molecule has 1 atom stereocenters. The molecule has 0 saturated heterocycles. The Labute approximate surface area is 123 Å². The van der Waals surface area contributed by atoms with Gasteiger partial charge in [0, 0.05) is 12.2 Å². The standard InChI is InChI=1S/C14H21N5O2/c1-9(15)13(20)19-11-7-8-16-12(18-11)14(21)17-10-5-3-2-4-6-10/h7-10H,2-6,15H2,1H3,(H,17,21)(H,16,18,19,20). The minimum atomic E-state index is -0.639. The molecule has 0 aromatic carbocycles. The van der Waals surface area contributed by atoms with Crippen LogP contribution >= 0.6 is 0 Å². The van der Waals surface area contributed by atoms with Crippen molar-refractivity contribution in [1.29, 1.82) is 0 Å². The van der Waals surface area contributed by atoms with Crippen LogP contribution in [-0.4, -0.2) is 33.9 Å². The van der Waals surface area contributed by atoms with Crippen LogP contribution in [0.4, 0.5) is 5.82 Å². The molecule has 1 aliphatic rings. The Balaban J connectivity index is 1.99. The van der Waals surface area contributed by atoms with Crippen LogP contribution in [0.1, 0.15) is 49.6 Å². The zero-order chi connectivity index (χ0) is 15.2. The molecule has 1 aromatic heterocycles. The van der Waals surface area contributed by atoms with Gasteiger partial charge >= 0.3 is 0 Å². The lowest BCUT2D eigenvalue weighted by molar-refractivity contribution is -0.117. The van der Waals surface area contributed by atoms with Crippen molar-refractivity contribution in [3.63, 3.8) is 0 Å². The van der Waals surface area contributed by atoms with E-state index in [9.17, 15) is 9.59 Å². The second kappa shape index (κ2) is 7.12. The molecule has 0 aliphatic heterocycles. The Bertz CT molecular complexity index is 512. The molecule has 0 radical (unpaired) electrons. The summed E-state index contributed by atoms with van der Waals surface area (Å²) in [6.45, 7) is 1.58. The summed E-state index contributed by atoms with van der Waals surface area (Å²) in [6, 6.07) is 1.08. The van der Waals surface area contributed by atoms with Crippen LogP contribution in [0.5, 0.6) is 0 Å². The van der Waals surface area contributed by atoms with E-state index >= 15 is 0 Å². The summed E-state index contributed by atoms with van der Waals surface area (Å²) in [6.07, 6.45) is 6.92. The lowest BCUT2D eigenvalue weighted by Crippen LogP contribution is -2.37. The fourth-order valence-corrected chi connectivity index (χ4v) is 2.27. The Hall–Kier alpha value is -2.02. The molecule has 21 heavy (non-hydrogen) atoms. The predicted molar refractivity (Wildman–Crippen MR) is 78.7 cm³/mol. The van der Waals surface area contributed by atoms with Gasteiger partial charge in [-0.25, -0.2) is 9.97 Å². The average molecular weight is 291 g/mol. The van der Waals surface area contributed by atoms with Crippen LogP contribution in [0.3, 0.4) is 0 Å². The Morgan fingerprint density at radius 1 is 1.33 bits per heavy atom. The molecule has 7 heteroatoms. The van der Waals surface area contributed by atoms with E-state index in [0.717, 1.165) is 25.7 Å². The van der Waals surface area contributed by atoms with Crippen LogP contribution < -0.4 is 16.4 Å². The molecule has 1 aromatic rings. The van der Waals surface area contributed by atoms with Gasteiger partial charge in [0.25, 0.3) is 5.91 Å². The van der Waals surface area contributed by atoms with Crippen LogP contribution in [0, 0.1) is 0 Å². The first-order valence-corrected chi connectivity index (χ1v) is 7.26. The lowest BCUT2D eigenvalue weighted by Gasteiger charge is -2.22. The van der Waals surface area contributed by atoms with Gasteiger partial charge in [0.05, 0.1) is 6.04 Å². The quantitative estimate of drug-likeness (QED) is 0.761. The monoisotopic (exact) mass is 291 g/mol. The van der Waals surface area contributed by atoms with Gasteiger partial charge in [-0.05, 0) is 25.8 Å². The second-order valence-corrected chi connectivity index (χ2v) is 5.35. The average Bonchev–Trinajstić information content (AvgIpc) is 2.48. The van der Waals surface area contributed by atoms with Gasteiger partial charge in [0.1, 0.15) is 5.82 Å². The van der Waals surface area contributed by atoms with E-state index in [4.69, 9.17) is 5.73 Å². The molecule has 1 fully saturated rings. The maximum Gasteiger partial charge on any atom is 0.289 e. The highest BCUT2D eigenvalue weighted by molar-refractivity contribution is 5.95. The highest BCUT2D eigenvalue weighted by Crippen LogP contribution is 2.17. The van der Waals surface area contributed by atoms with Gasteiger partial charge in [-0.3, -0.25) is 9.59 Å². The number of nitrogens with two attached hydrogens (primary N) is 1. The first-order chi connectivity index (χ1) is 10.1. The van der Waals surface area contributed by atoms with Crippen molar-refractivity contribution in [2.24, 2.45) is 5.73 Å². The minimum absolute atomic E-state index is 0.0584. The Morgan fingerprint density at radius 2 is 2.05 bits per heavy atom. The maximum absolute atomic E-state index is 12.1. The third kappa shape index (κ3) is 4.49. The van der Waals surface area contributed by atoms with E-state index in [2.05, 4.69) is 20.6 Å². The number of amides is 2. The normalized spacial score (nSPS) is 17.0. The number of carbonyl (C=O) groups excluding carboxylic acids is 2. The van der Waals surface area contributed by atoms with Crippen LogP contribution in [0.2, 0.25) is 0 Å². The van der Waals surface area contributed by atoms with Crippen molar-refractivity contribution in [3.8, 4) is 0 Å². The van der Waals surface area contributed by atoms with E-state index in [-0.39, 0.29) is 29.5 Å². The molecule has 7 nitrogen and oxygen atoms in total. The Kier molecular flexibility index (Phi) is 5.21. The van der Waals surface area contributed by atoms with Crippen LogP contribution in [0.15, 0.2) is 12.3 Å². The van der Waals surface area contributed by atoms with Crippen LogP contribution in [0.25, 0.3) is 0 Å². The van der Waals surface area contributed by atoms with Gasteiger partial charge < -0.3 is 16.4 Å². The van der Waals surface area contributed by atoms with Crippen molar-refractivity contribution in [1.82, 2.24) is 15.3 Å². The third-order valence-corrected chi connectivity index (χ3v) is 3.46. The third-order valence-electron chi connectivity index (χ3n) is 3.46. The molecule has 1 aliphatic carbocycles. The van der Waals surface area contributed by atoms with Gasteiger partial charge in [0.2, 0.25) is 11.7 Å². The van der Waals surface area contributed by atoms with Gasteiger partial charge in [0.15, 0.2) is 0 Å². The highest BCUT2D eigenvalue weighted by atomic mass is 16.2. The molecule has 2 amide bonds. The summed E-state index contributed by atoms with van der Waals surface area (Å²) in [5.41, 5.74) is 5.47. The SMILES string of the molecule is CC(N)C(=O)Nc1ccnc(C(=O)NC2CCCCC2)n1. The molecule has 1 saturated carbocycles. The van der Waals surface area contributed by atoms with Crippen LogP contribution in [-0.2, 0) is 4.79 Å². The van der Waals surface area contributed by atoms with E-state index in [1.54, 1.807) is 6.92 Å². The van der Waals surface area contributed by atoms with Gasteiger partial charge in [-0.15, -0.1) is 0 Å². The van der Waals surface area contributed by atoms with Crippen molar-refractivity contribution >= 4 is 17.6 Å². The van der Waals surface area contributed by atoms with Crippen molar-refractivity contribution in [3.05, 3.63) is 18.1 Å². The van der Waals surface area contributed by atoms with E-state index in [1.807, 2.05) is 0 Å². The molecule has 1 unspecified atom stereocenters. The molecular weight excluding hydrogens is 270 g/mol. The number of hydrogen-bond donors (Lipinski definition) is 3. The first kappa shape index (κ1) is 15.4. The number of nitrogens with zero attached hydrogens (tertiary/aromatic N) is 2. The van der Waals surface area contributed by atoms with E-state index < -0.39 is 6.04 Å². The number of carbonyl (C=O) groups is 2. The van der Waals surface area contributed by atoms with E-state index in [0.29, 0.717) is 0 Å². The molecule has 0 spiro atoms. The fraction of sp³-hybridized carbons (Fsp3) is 0.571. The largest absolute Gasteiger partial charge is 0.347 e. The summed E-state index contributed by atoms with van der Waals surface area (Å²) >= 11 is 0. The highest BCUT2D eigenvalue weighted by Gasteiger charge is 2.18. The molecular formula is C14H21N5O2.